The fourth-order valence-electron chi connectivity index (χ4n) is 3.64. The van der Waals surface area contributed by atoms with E-state index in [0.29, 0.717) is 34.7 Å². The Labute approximate surface area is 173 Å². The molecule has 1 atom stereocenters. The molecule has 0 saturated carbocycles. The molecule has 9 heteroatoms. The van der Waals surface area contributed by atoms with E-state index in [2.05, 4.69) is 5.32 Å². The average molecular weight is 416 g/mol. The number of aromatic nitrogens is 2. The van der Waals surface area contributed by atoms with Crippen molar-refractivity contribution < 1.29 is 13.9 Å². The van der Waals surface area contributed by atoms with Gasteiger partial charge in [0.05, 0.1) is 17.3 Å². The van der Waals surface area contributed by atoms with Crippen LogP contribution in [0, 0.1) is 27.6 Å². The minimum atomic E-state index is -0.574. The third-order valence-corrected chi connectivity index (χ3v) is 4.97. The first kappa shape index (κ1) is 20.6. The van der Waals surface area contributed by atoms with Crippen molar-refractivity contribution >= 4 is 29.1 Å². The van der Waals surface area contributed by atoms with Crippen molar-refractivity contribution in [1.82, 2.24) is 5.32 Å². The maximum Gasteiger partial charge on any atom is 0.369 e. The monoisotopic (exact) mass is 415 g/mol. The van der Waals surface area contributed by atoms with Crippen molar-refractivity contribution in [3.05, 3.63) is 64.4 Å². The number of nitrogens with zero attached hydrogens (tertiary/aromatic N) is 4. The quantitative estimate of drug-likeness (QED) is 0.510. The molecule has 0 spiro atoms. The van der Waals surface area contributed by atoms with Crippen LogP contribution in [-0.4, -0.2) is 25.7 Å². The fourth-order valence-corrected chi connectivity index (χ4v) is 3.64. The first-order valence-corrected chi connectivity index (χ1v) is 8.97. The Hall–Kier alpha value is -3.15. The van der Waals surface area contributed by atoms with E-state index < -0.39 is 5.82 Å². The van der Waals surface area contributed by atoms with Crippen LogP contribution in [0.15, 0.2) is 42.5 Å². The van der Waals surface area contributed by atoms with E-state index in [0.717, 1.165) is 6.07 Å². The van der Waals surface area contributed by atoms with Crippen LogP contribution in [-0.2, 0) is 0 Å². The zero-order chi connectivity index (χ0) is 19.8. The predicted octanol–water partition coefficient (Wildman–Crippen LogP) is 2.00. The Morgan fingerprint density at radius 3 is 2.52 bits per heavy atom. The molecule has 1 saturated heterocycles. The van der Waals surface area contributed by atoms with E-state index in [9.17, 15) is 20.1 Å². The van der Waals surface area contributed by atoms with E-state index >= 15 is 0 Å². The molecule has 0 amide bonds. The Morgan fingerprint density at radius 1 is 1.17 bits per heavy atom. The molecule has 4 rings (SSSR count). The third kappa shape index (κ3) is 3.50. The number of benzene rings is 2. The summed E-state index contributed by atoms with van der Waals surface area (Å²) in [5, 5.41) is 38.7. The zero-order valence-electron chi connectivity index (χ0n) is 15.6. The molecular formula is C20H19ClFN5O2. The lowest BCUT2D eigenvalue weighted by Gasteiger charge is -2.33. The van der Waals surface area contributed by atoms with E-state index in [1.165, 1.54) is 6.07 Å². The van der Waals surface area contributed by atoms with Crippen molar-refractivity contribution in [2.24, 2.45) is 0 Å². The topological polar surface area (TPSA) is 92.9 Å². The van der Waals surface area contributed by atoms with Gasteiger partial charge in [-0.25, -0.2) is 4.39 Å². The highest BCUT2D eigenvalue weighted by Gasteiger charge is 2.32. The van der Waals surface area contributed by atoms with Crippen LogP contribution >= 0.6 is 12.4 Å². The summed E-state index contributed by atoms with van der Waals surface area (Å²) in [7, 11) is 0. The van der Waals surface area contributed by atoms with Crippen molar-refractivity contribution in [1.29, 1.82) is 5.26 Å². The van der Waals surface area contributed by atoms with Crippen molar-refractivity contribution in [3.8, 4) is 17.3 Å². The second-order valence-electron chi connectivity index (χ2n) is 6.86. The summed E-state index contributed by atoms with van der Waals surface area (Å²) in [5.41, 5.74) is 0.113. The van der Waals surface area contributed by atoms with Gasteiger partial charge in [0, 0.05) is 31.7 Å². The van der Waals surface area contributed by atoms with Crippen molar-refractivity contribution in [3.63, 3.8) is 0 Å². The molecular weight excluding hydrogens is 397 g/mol. The summed E-state index contributed by atoms with van der Waals surface area (Å²) in [5.74, 6) is -0.574. The van der Waals surface area contributed by atoms with Crippen LogP contribution in [0.2, 0.25) is 0 Å². The number of nitriles is 1. The zero-order valence-corrected chi connectivity index (χ0v) is 16.4. The molecule has 0 radical (unpaired) electrons. The highest BCUT2D eigenvalue weighted by atomic mass is 35.5. The first-order chi connectivity index (χ1) is 13.5. The average Bonchev–Trinajstić information content (AvgIpc) is 2.70. The number of nitrogens with one attached hydrogen (secondary N) is 1. The maximum absolute atomic E-state index is 14.9. The normalized spacial score (nSPS) is 16.3. The molecule has 1 aliphatic rings. The maximum atomic E-state index is 14.9. The third-order valence-electron chi connectivity index (χ3n) is 4.97. The standard InChI is InChI=1S/C20H18FN5O2.ClH/c1-13-12-24(8-7-23-13)16-10-18-17(9-15(16)21)26(28)20(19(11-22)25(18)27)14-5-3-2-4-6-14;/h2-6,9-10,13,23H,7-8,12H2,1H3;1H. The minimum absolute atomic E-state index is 0. The van der Waals surface area contributed by atoms with Gasteiger partial charge in [0.1, 0.15) is 0 Å². The highest BCUT2D eigenvalue weighted by Crippen LogP contribution is 2.26. The van der Waals surface area contributed by atoms with Crippen LogP contribution in [0.25, 0.3) is 22.3 Å². The van der Waals surface area contributed by atoms with Gasteiger partial charge in [-0.1, -0.05) is 18.2 Å². The molecule has 7 nitrogen and oxygen atoms in total. The number of anilines is 1. The SMILES string of the molecule is CC1CN(c2cc3c(cc2F)[n+]([O-])c(-c2ccccc2)c(C#N)[n+]3[O-])CCN1.Cl. The molecule has 2 aromatic carbocycles. The Morgan fingerprint density at radius 2 is 1.86 bits per heavy atom. The fraction of sp³-hybridized carbons (Fsp3) is 0.250. The molecule has 1 unspecified atom stereocenters. The summed E-state index contributed by atoms with van der Waals surface area (Å²) >= 11 is 0. The van der Waals surface area contributed by atoms with Gasteiger partial charge < -0.3 is 20.6 Å². The van der Waals surface area contributed by atoms with Gasteiger partial charge in [-0.15, -0.1) is 17.1 Å². The summed E-state index contributed by atoms with van der Waals surface area (Å²) < 4.78 is 15.7. The molecule has 1 aromatic heterocycles. The molecule has 0 aliphatic carbocycles. The number of hydrogen-bond acceptors (Lipinski definition) is 5. The van der Waals surface area contributed by atoms with Gasteiger partial charge in [0.25, 0.3) is 11.0 Å². The van der Waals surface area contributed by atoms with Gasteiger partial charge in [0.15, 0.2) is 11.9 Å². The molecule has 1 aliphatic heterocycles. The lowest BCUT2D eigenvalue weighted by Crippen LogP contribution is -2.50. The molecule has 3 aromatic rings. The van der Waals surface area contributed by atoms with Crippen LogP contribution in [0.1, 0.15) is 12.6 Å². The second-order valence-corrected chi connectivity index (χ2v) is 6.86. The summed E-state index contributed by atoms with van der Waals surface area (Å²) in [6.07, 6.45) is 0. The number of rotatable bonds is 2. The summed E-state index contributed by atoms with van der Waals surface area (Å²) in [6, 6.07) is 12.9. The smallest absolute Gasteiger partial charge is 0.369 e. The van der Waals surface area contributed by atoms with Gasteiger partial charge in [-0.3, -0.25) is 0 Å². The molecule has 1 N–H and O–H groups in total. The number of hydrogen-bond donors (Lipinski definition) is 1. The van der Waals surface area contributed by atoms with Crippen molar-refractivity contribution in [2.45, 2.75) is 13.0 Å². The Kier molecular flexibility index (Phi) is 5.73. The van der Waals surface area contributed by atoms with E-state index in [4.69, 9.17) is 0 Å². The second kappa shape index (κ2) is 8.07. The van der Waals surface area contributed by atoms with Gasteiger partial charge >= 0.3 is 11.4 Å². The molecule has 29 heavy (non-hydrogen) atoms. The van der Waals surface area contributed by atoms with Crippen LogP contribution < -0.4 is 19.7 Å². The predicted molar refractivity (Wildman–Crippen MR) is 109 cm³/mol. The van der Waals surface area contributed by atoms with E-state index in [1.54, 1.807) is 30.3 Å². The number of halogens is 2. The Balaban J connectivity index is 0.00000240. The van der Waals surface area contributed by atoms with Crippen LogP contribution in [0.4, 0.5) is 10.1 Å². The number of piperazine rings is 1. The lowest BCUT2D eigenvalue weighted by molar-refractivity contribution is -0.622. The first-order valence-electron chi connectivity index (χ1n) is 8.97. The summed E-state index contributed by atoms with van der Waals surface area (Å²) in [6.45, 7) is 3.83. The molecule has 150 valence electrons. The summed E-state index contributed by atoms with van der Waals surface area (Å²) in [4.78, 5) is 1.84. The van der Waals surface area contributed by atoms with Crippen LogP contribution in [0.5, 0.6) is 0 Å². The molecule has 0 bridgehead atoms. The Bertz CT molecular complexity index is 1100. The largest absolute Gasteiger partial charge is 0.617 e. The van der Waals surface area contributed by atoms with Crippen LogP contribution in [0.3, 0.4) is 0 Å². The lowest BCUT2D eigenvalue weighted by atomic mass is 10.1. The highest BCUT2D eigenvalue weighted by molar-refractivity contribution is 5.85. The minimum Gasteiger partial charge on any atom is -0.617 e. The van der Waals surface area contributed by atoms with Crippen molar-refractivity contribution in [2.75, 3.05) is 24.5 Å². The molecule has 2 heterocycles. The van der Waals surface area contributed by atoms with E-state index in [1.807, 2.05) is 17.9 Å². The van der Waals surface area contributed by atoms with Gasteiger partial charge in [-0.2, -0.15) is 9.99 Å². The van der Waals surface area contributed by atoms with Gasteiger partial charge in [0.2, 0.25) is 0 Å². The van der Waals surface area contributed by atoms with E-state index in [-0.39, 0.29) is 46.6 Å². The molecule has 1 fully saturated rings. The van der Waals surface area contributed by atoms with Gasteiger partial charge in [-0.05, 0) is 19.1 Å². The number of fused-ring (bicyclic) bond motifs is 1.